The van der Waals surface area contributed by atoms with Crippen molar-refractivity contribution in [2.24, 2.45) is 11.8 Å². The quantitative estimate of drug-likeness (QED) is 0.504. The fraction of sp³-hybridized carbons (Fsp3) is 0.462. The van der Waals surface area contributed by atoms with Crippen LogP contribution in [0.1, 0.15) is 39.5 Å². The Labute approximate surface area is 201 Å². The summed E-state index contributed by atoms with van der Waals surface area (Å²) >= 11 is 7.28. The minimum atomic E-state index is 0.0821. The largest absolute Gasteiger partial charge is 0.357 e. The van der Waals surface area contributed by atoms with Gasteiger partial charge in [-0.2, -0.15) is 0 Å². The van der Waals surface area contributed by atoms with Gasteiger partial charge in [0.05, 0.1) is 5.75 Å². The number of carbonyl (C=O) groups is 1. The van der Waals surface area contributed by atoms with E-state index in [1.54, 1.807) is 0 Å². The first kappa shape index (κ1) is 23.1. The average molecular weight is 468 g/mol. The highest BCUT2D eigenvalue weighted by molar-refractivity contribution is 8.23. The van der Waals surface area contributed by atoms with E-state index in [4.69, 9.17) is 12.2 Å². The van der Waals surface area contributed by atoms with Crippen LogP contribution in [0, 0.1) is 11.8 Å². The van der Waals surface area contributed by atoms with Crippen LogP contribution in [0.25, 0.3) is 0 Å². The second-order valence-electron chi connectivity index (χ2n) is 9.24. The van der Waals surface area contributed by atoms with Crippen LogP contribution in [0.4, 0.5) is 17.1 Å². The number of anilines is 3. The molecule has 5 rings (SSSR count). The van der Waals surface area contributed by atoms with Crippen molar-refractivity contribution >= 4 is 51.3 Å². The maximum Gasteiger partial charge on any atom is 0.237 e. The monoisotopic (exact) mass is 467 g/mol. The van der Waals surface area contributed by atoms with Crippen LogP contribution >= 0.6 is 24.0 Å². The summed E-state index contributed by atoms with van der Waals surface area (Å²) in [7, 11) is 0. The summed E-state index contributed by atoms with van der Waals surface area (Å²) in [5, 5.41) is 3.39. The summed E-state index contributed by atoms with van der Waals surface area (Å²) in [5.74, 6) is 2.04. The zero-order valence-electron chi connectivity index (χ0n) is 19.0. The number of nitrogens with one attached hydrogen (secondary N) is 1. The Hall–Kier alpha value is -2.05. The molecule has 1 amide bonds. The van der Waals surface area contributed by atoms with Gasteiger partial charge in [0, 0.05) is 36.2 Å². The molecule has 3 fully saturated rings. The van der Waals surface area contributed by atoms with E-state index in [0.29, 0.717) is 5.75 Å². The number of para-hydroxylation sites is 1. The molecular weight excluding hydrogens is 434 g/mol. The van der Waals surface area contributed by atoms with Gasteiger partial charge >= 0.3 is 0 Å². The Morgan fingerprint density at radius 3 is 2.12 bits per heavy atom. The summed E-state index contributed by atoms with van der Waals surface area (Å²) in [6.07, 6.45) is 5.35. The van der Waals surface area contributed by atoms with Gasteiger partial charge in [0.15, 0.2) is 0 Å². The van der Waals surface area contributed by atoms with Crippen molar-refractivity contribution in [2.45, 2.75) is 45.6 Å². The number of fused-ring (bicyclic) bond motifs is 4. The smallest absolute Gasteiger partial charge is 0.237 e. The molecule has 1 saturated carbocycles. The van der Waals surface area contributed by atoms with E-state index in [1.807, 2.05) is 59.5 Å². The summed E-state index contributed by atoms with van der Waals surface area (Å²) in [4.78, 5) is 17.4. The molecule has 2 aromatic carbocycles. The molecule has 6 heteroatoms. The van der Waals surface area contributed by atoms with Crippen LogP contribution in [-0.4, -0.2) is 40.0 Å². The van der Waals surface area contributed by atoms with Gasteiger partial charge < -0.3 is 15.1 Å². The summed E-state index contributed by atoms with van der Waals surface area (Å²) in [6.45, 7) is 6.26. The maximum atomic E-state index is 13.2. The van der Waals surface area contributed by atoms with E-state index >= 15 is 0 Å². The molecule has 2 heterocycles. The van der Waals surface area contributed by atoms with Crippen LogP contribution in [0.2, 0.25) is 0 Å². The normalized spacial score (nSPS) is 20.2. The first-order valence-corrected chi connectivity index (χ1v) is 13.0. The van der Waals surface area contributed by atoms with Crippen molar-refractivity contribution in [3.63, 3.8) is 0 Å². The zero-order chi connectivity index (χ0) is 22.5. The molecule has 2 bridgehead atoms. The highest BCUT2D eigenvalue weighted by Crippen LogP contribution is 2.35. The second kappa shape index (κ2) is 10.7. The molecule has 3 aliphatic rings. The fourth-order valence-electron chi connectivity index (χ4n) is 4.85. The third-order valence-corrected chi connectivity index (χ3v) is 8.00. The van der Waals surface area contributed by atoms with E-state index in [9.17, 15) is 4.79 Å². The molecule has 0 aromatic heterocycles. The lowest BCUT2D eigenvalue weighted by Crippen LogP contribution is -2.39. The van der Waals surface area contributed by atoms with Crippen LogP contribution in [0.15, 0.2) is 54.6 Å². The summed E-state index contributed by atoms with van der Waals surface area (Å²) < 4.78 is 0.892. The Kier molecular flexibility index (Phi) is 7.74. The van der Waals surface area contributed by atoms with Crippen LogP contribution in [0.5, 0.6) is 0 Å². The molecular formula is C26H33N3OS2. The predicted molar refractivity (Wildman–Crippen MR) is 141 cm³/mol. The lowest BCUT2D eigenvalue weighted by Gasteiger charge is -2.28. The molecule has 1 N–H and O–H groups in total. The van der Waals surface area contributed by atoms with Gasteiger partial charge in [0.1, 0.15) is 4.32 Å². The summed E-state index contributed by atoms with van der Waals surface area (Å²) in [6, 6.07) is 18.2. The number of thioether (sulfide) groups is 1. The Bertz CT molecular complexity index is 894. The predicted octanol–water partition coefficient (Wildman–Crippen LogP) is 6.31. The number of amides is 1. The molecule has 2 aliphatic heterocycles. The fourth-order valence-corrected chi connectivity index (χ4v) is 5.90. The highest BCUT2D eigenvalue weighted by Gasteiger charge is 2.31. The van der Waals surface area contributed by atoms with Crippen LogP contribution in [-0.2, 0) is 4.79 Å². The number of thiocarbonyl (C=S) groups is 1. The standard InChI is InChI=1S/C26H33N3OS2/c1-19(2)29(24-14-12-23(13-15-24)27-22-6-4-3-5-7-22)25(30)18-32-26(31)28-16-20-8-9-21(17-28)11-10-20/h3-7,12-15,19-21,27H,8-11,16-18H2,1-2H3. The maximum absolute atomic E-state index is 13.2. The third kappa shape index (κ3) is 5.84. The average Bonchev–Trinajstić information content (AvgIpc) is 3.13. The Balaban J connectivity index is 1.35. The molecule has 0 radical (unpaired) electrons. The van der Waals surface area contributed by atoms with Gasteiger partial charge in [-0.1, -0.05) is 42.2 Å². The van der Waals surface area contributed by atoms with Crippen LogP contribution in [0.3, 0.4) is 0 Å². The van der Waals surface area contributed by atoms with Crippen molar-refractivity contribution in [1.82, 2.24) is 4.90 Å². The molecule has 0 unspecified atom stereocenters. The number of benzene rings is 2. The zero-order valence-corrected chi connectivity index (χ0v) is 20.6. The highest BCUT2D eigenvalue weighted by atomic mass is 32.2. The van der Waals surface area contributed by atoms with Crippen LogP contribution < -0.4 is 10.2 Å². The first-order chi connectivity index (χ1) is 15.5. The van der Waals surface area contributed by atoms with E-state index in [2.05, 4.69) is 24.1 Å². The van der Waals surface area contributed by atoms with Gasteiger partial charge in [0.25, 0.3) is 0 Å². The molecule has 1 aliphatic carbocycles. The number of hydrogen-bond donors (Lipinski definition) is 1. The van der Waals surface area contributed by atoms with E-state index in [-0.39, 0.29) is 11.9 Å². The van der Waals surface area contributed by atoms with Crippen molar-refractivity contribution in [2.75, 3.05) is 29.1 Å². The molecule has 2 aromatic rings. The van der Waals surface area contributed by atoms with E-state index in [1.165, 1.54) is 37.4 Å². The summed E-state index contributed by atoms with van der Waals surface area (Å²) in [5.41, 5.74) is 2.97. The molecule has 170 valence electrons. The van der Waals surface area contributed by atoms with Gasteiger partial charge in [0.2, 0.25) is 5.91 Å². The minimum Gasteiger partial charge on any atom is -0.357 e. The number of carbonyl (C=O) groups excluding carboxylic acids is 1. The topological polar surface area (TPSA) is 35.6 Å². The van der Waals surface area contributed by atoms with Crippen molar-refractivity contribution in [3.05, 3.63) is 54.6 Å². The molecule has 4 nitrogen and oxygen atoms in total. The SMILES string of the molecule is CC(C)N(C(=O)CSC(=S)N1CC2CCC(CC2)C1)c1ccc(Nc2ccccc2)cc1. The molecule has 0 atom stereocenters. The number of rotatable bonds is 6. The number of hydrogen-bond acceptors (Lipinski definition) is 4. The van der Waals surface area contributed by atoms with Crippen molar-refractivity contribution in [1.29, 1.82) is 0 Å². The first-order valence-electron chi connectivity index (χ1n) is 11.7. The third-order valence-electron chi connectivity index (χ3n) is 6.49. The minimum absolute atomic E-state index is 0.0821. The van der Waals surface area contributed by atoms with Crippen molar-refractivity contribution in [3.8, 4) is 0 Å². The number of nitrogens with zero attached hydrogens (tertiary/aromatic N) is 2. The molecule has 0 spiro atoms. The molecule has 2 saturated heterocycles. The second-order valence-corrected chi connectivity index (χ2v) is 10.9. The lowest BCUT2D eigenvalue weighted by molar-refractivity contribution is -0.116. The van der Waals surface area contributed by atoms with Gasteiger partial charge in [-0.3, -0.25) is 4.79 Å². The van der Waals surface area contributed by atoms with Crippen molar-refractivity contribution < 1.29 is 4.79 Å². The van der Waals surface area contributed by atoms with E-state index < -0.39 is 0 Å². The lowest BCUT2D eigenvalue weighted by atomic mass is 9.84. The Morgan fingerprint density at radius 1 is 1.00 bits per heavy atom. The van der Waals surface area contributed by atoms with E-state index in [0.717, 1.165) is 46.3 Å². The van der Waals surface area contributed by atoms with Gasteiger partial charge in [-0.15, -0.1) is 0 Å². The van der Waals surface area contributed by atoms with Gasteiger partial charge in [-0.05, 0) is 87.8 Å². The Morgan fingerprint density at radius 2 is 1.56 bits per heavy atom. The molecule has 32 heavy (non-hydrogen) atoms. The van der Waals surface area contributed by atoms with Gasteiger partial charge in [-0.25, -0.2) is 0 Å².